The van der Waals surface area contributed by atoms with Crippen molar-refractivity contribution in [3.05, 3.63) is 34.9 Å². The number of hydrogen-bond donors (Lipinski definition) is 1. The van der Waals surface area contributed by atoms with E-state index in [0.717, 1.165) is 5.56 Å². The molecule has 0 radical (unpaired) electrons. The summed E-state index contributed by atoms with van der Waals surface area (Å²) in [6, 6.07) is 7.50. The molecule has 1 aromatic rings. The number of sulfone groups is 1. The van der Waals surface area contributed by atoms with Crippen molar-refractivity contribution in [3.63, 3.8) is 0 Å². The van der Waals surface area contributed by atoms with Gasteiger partial charge in [-0.1, -0.05) is 30.7 Å². The first-order valence-electron chi connectivity index (χ1n) is 5.69. The van der Waals surface area contributed by atoms with Crippen LogP contribution in [0.2, 0.25) is 5.02 Å². The lowest BCUT2D eigenvalue weighted by molar-refractivity contribution is 0.589. The molecule has 0 unspecified atom stereocenters. The Balaban J connectivity index is 2.27. The molecule has 0 saturated carbocycles. The van der Waals surface area contributed by atoms with Crippen molar-refractivity contribution in [2.75, 3.05) is 18.1 Å². The molecule has 0 aliphatic carbocycles. The van der Waals surface area contributed by atoms with E-state index in [-0.39, 0.29) is 11.5 Å². The largest absolute Gasteiger partial charge is 0.312 e. The summed E-state index contributed by atoms with van der Waals surface area (Å²) in [5.74, 6) is 0.476. The predicted octanol–water partition coefficient (Wildman–Crippen LogP) is 2.25. The van der Waals surface area contributed by atoms with Crippen LogP contribution in [0.4, 0.5) is 0 Å². The minimum atomic E-state index is -2.88. The van der Waals surface area contributed by atoms with E-state index in [0.29, 0.717) is 24.5 Å². The highest BCUT2D eigenvalue weighted by Gasteiger charge is 2.07. The molecule has 0 atom stereocenters. The molecule has 0 aliphatic heterocycles. The maximum absolute atomic E-state index is 11.4. The van der Waals surface area contributed by atoms with E-state index >= 15 is 0 Å². The smallest absolute Gasteiger partial charge is 0.151 e. The van der Waals surface area contributed by atoms with E-state index in [9.17, 15) is 8.42 Å². The molecule has 0 spiro atoms. The Morgan fingerprint density at radius 2 is 1.82 bits per heavy atom. The number of rotatable bonds is 7. The van der Waals surface area contributed by atoms with Gasteiger partial charge in [0.25, 0.3) is 0 Å². The highest BCUT2D eigenvalue weighted by molar-refractivity contribution is 7.91. The number of halogens is 1. The Morgan fingerprint density at radius 3 is 2.41 bits per heavy atom. The topological polar surface area (TPSA) is 46.2 Å². The molecule has 0 amide bonds. The first-order chi connectivity index (χ1) is 8.03. The van der Waals surface area contributed by atoms with E-state index in [1.165, 1.54) is 0 Å². The van der Waals surface area contributed by atoms with E-state index < -0.39 is 9.84 Å². The van der Waals surface area contributed by atoms with Crippen LogP contribution in [0.3, 0.4) is 0 Å². The third-order valence-electron chi connectivity index (χ3n) is 2.35. The lowest BCUT2D eigenvalue weighted by atomic mass is 10.2. The summed E-state index contributed by atoms with van der Waals surface area (Å²) in [5.41, 5.74) is 1.10. The van der Waals surface area contributed by atoms with Crippen molar-refractivity contribution in [3.8, 4) is 0 Å². The van der Waals surface area contributed by atoms with Gasteiger partial charge in [-0.2, -0.15) is 0 Å². The SMILES string of the molecule is CCCS(=O)(=O)CCNCc1ccc(Cl)cc1. The number of nitrogens with one attached hydrogen (secondary N) is 1. The van der Waals surface area contributed by atoms with Crippen LogP contribution >= 0.6 is 11.6 Å². The van der Waals surface area contributed by atoms with Gasteiger partial charge in [0.15, 0.2) is 9.84 Å². The van der Waals surface area contributed by atoms with Crippen molar-refractivity contribution >= 4 is 21.4 Å². The van der Waals surface area contributed by atoms with Gasteiger partial charge < -0.3 is 5.32 Å². The van der Waals surface area contributed by atoms with Crippen molar-refractivity contribution in [2.24, 2.45) is 0 Å². The van der Waals surface area contributed by atoms with Gasteiger partial charge >= 0.3 is 0 Å². The Morgan fingerprint density at radius 1 is 1.18 bits per heavy atom. The quantitative estimate of drug-likeness (QED) is 0.777. The summed E-state index contributed by atoms with van der Waals surface area (Å²) in [7, 11) is -2.88. The molecule has 0 fully saturated rings. The lowest BCUT2D eigenvalue weighted by Crippen LogP contribution is -2.24. The molecular weight excluding hydrogens is 258 g/mol. The molecule has 1 N–H and O–H groups in total. The van der Waals surface area contributed by atoms with Crippen molar-refractivity contribution in [1.82, 2.24) is 5.32 Å². The molecule has 96 valence electrons. The average molecular weight is 276 g/mol. The van der Waals surface area contributed by atoms with Crippen LogP contribution in [0.5, 0.6) is 0 Å². The minimum Gasteiger partial charge on any atom is -0.312 e. The van der Waals surface area contributed by atoms with Gasteiger partial charge in [-0.15, -0.1) is 0 Å². The van der Waals surface area contributed by atoms with Crippen LogP contribution < -0.4 is 5.32 Å². The molecule has 0 heterocycles. The Bertz CT molecular complexity index is 428. The number of hydrogen-bond acceptors (Lipinski definition) is 3. The summed E-state index contributed by atoms with van der Waals surface area (Å²) >= 11 is 5.77. The molecule has 0 saturated heterocycles. The molecule has 5 heteroatoms. The summed E-state index contributed by atoms with van der Waals surface area (Å²) < 4.78 is 22.9. The first-order valence-corrected chi connectivity index (χ1v) is 7.89. The fraction of sp³-hybridized carbons (Fsp3) is 0.500. The van der Waals surface area contributed by atoms with Gasteiger partial charge in [-0.25, -0.2) is 8.42 Å². The van der Waals surface area contributed by atoms with E-state index in [4.69, 9.17) is 11.6 Å². The van der Waals surface area contributed by atoms with Crippen molar-refractivity contribution in [2.45, 2.75) is 19.9 Å². The zero-order chi connectivity index (χ0) is 12.7. The average Bonchev–Trinajstić information content (AvgIpc) is 2.27. The van der Waals surface area contributed by atoms with Crippen molar-refractivity contribution in [1.29, 1.82) is 0 Å². The van der Waals surface area contributed by atoms with Crippen LogP contribution in [0.15, 0.2) is 24.3 Å². The molecule has 0 bridgehead atoms. The standard InChI is InChI=1S/C12H18ClNO2S/c1-2-8-17(15,16)9-7-14-10-11-3-5-12(13)6-4-11/h3-6,14H,2,7-10H2,1H3. The monoisotopic (exact) mass is 275 g/mol. The molecule has 0 aromatic heterocycles. The Kier molecular flexibility index (Phi) is 5.95. The molecule has 1 aromatic carbocycles. The van der Waals surface area contributed by atoms with Gasteiger partial charge in [0.2, 0.25) is 0 Å². The zero-order valence-corrected chi connectivity index (χ0v) is 11.5. The van der Waals surface area contributed by atoms with E-state index in [2.05, 4.69) is 5.32 Å². The summed E-state index contributed by atoms with van der Waals surface area (Å²) in [6.07, 6.45) is 0.680. The van der Waals surface area contributed by atoms with Crippen LogP contribution in [-0.2, 0) is 16.4 Å². The third kappa shape index (κ3) is 6.05. The summed E-state index contributed by atoms with van der Waals surface area (Å²) in [5, 5.41) is 3.82. The maximum Gasteiger partial charge on any atom is 0.151 e. The van der Waals surface area contributed by atoms with Crippen LogP contribution in [0, 0.1) is 0 Å². The zero-order valence-electron chi connectivity index (χ0n) is 9.95. The predicted molar refractivity (Wildman–Crippen MR) is 72.1 cm³/mol. The van der Waals surface area contributed by atoms with Crippen LogP contribution in [0.1, 0.15) is 18.9 Å². The van der Waals surface area contributed by atoms with Crippen molar-refractivity contribution < 1.29 is 8.42 Å². The second-order valence-electron chi connectivity index (χ2n) is 3.96. The Labute approximate surface area is 108 Å². The third-order valence-corrected chi connectivity index (χ3v) is 4.46. The van der Waals surface area contributed by atoms with Gasteiger partial charge in [0.1, 0.15) is 0 Å². The van der Waals surface area contributed by atoms with Crippen LogP contribution in [-0.4, -0.2) is 26.5 Å². The van der Waals surface area contributed by atoms with E-state index in [1.54, 1.807) is 0 Å². The normalized spacial score (nSPS) is 11.6. The fourth-order valence-electron chi connectivity index (χ4n) is 1.48. The minimum absolute atomic E-state index is 0.203. The second-order valence-corrected chi connectivity index (χ2v) is 6.70. The molecule has 3 nitrogen and oxygen atoms in total. The molecule has 17 heavy (non-hydrogen) atoms. The lowest BCUT2D eigenvalue weighted by Gasteiger charge is -2.05. The molecular formula is C12H18ClNO2S. The Hall–Kier alpha value is -0.580. The first kappa shape index (κ1) is 14.5. The van der Waals surface area contributed by atoms with E-state index in [1.807, 2.05) is 31.2 Å². The summed E-state index contributed by atoms with van der Waals surface area (Å²) in [6.45, 7) is 3.03. The molecule has 1 rings (SSSR count). The van der Waals surface area contributed by atoms with Gasteiger partial charge in [-0.05, 0) is 24.1 Å². The number of benzene rings is 1. The van der Waals surface area contributed by atoms with Gasteiger partial charge in [-0.3, -0.25) is 0 Å². The maximum atomic E-state index is 11.4. The second kappa shape index (κ2) is 6.99. The highest BCUT2D eigenvalue weighted by Crippen LogP contribution is 2.08. The van der Waals surface area contributed by atoms with Gasteiger partial charge in [0.05, 0.1) is 5.75 Å². The highest BCUT2D eigenvalue weighted by atomic mass is 35.5. The van der Waals surface area contributed by atoms with Gasteiger partial charge in [0, 0.05) is 23.9 Å². The molecule has 0 aliphatic rings. The summed E-state index contributed by atoms with van der Waals surface area (Å²) in [4.78, 5) is 0. The fourth-order valence-corrected chi connectivity index (χ4v) is 2.88. The van der Waals surface area contributed by atoms with Crippen LogP contribution in [0.25, 0.3) is 0 Å².